The van der Waals surface area contributed by atoms with Gasteiger partial charge in [0.15, 0.2) is 8.32 Å². The van der Waals surface area contributed by atoms with Crippen LogP contribution in [-0.4, -0.2) is 50.2 Å². The van der Waals surface area contributed by atoms with E-state index < -0.39 is 13.9 Å². The fourth-order valence-electron chi connectivity index (χ4n) is 3.39. The first-order chi connectivity index (χ1) is 14.1. The van der Waals surface area contributed by atoms with Crippen LogP contribution in [0.4, 0.5) is 4.79 Å². The molecule has 1 aromatic carbocycles. The first-order valence-corrected chi connectivity index (χ1v) is 14.4. The highest BCUT2D eigenvalue weighted by atomic mass is 28.4. The van der Waals surface area contributed by atoms with Gasteiger partial charge in [-0.3, -0.25) is 4.90 Å². The van der Waals surface area contributed by atoms with Gasteiger partial charge in [-0.15, -0.1) is 0 Å². The second kappa shape index (κ2) is 9.53. The van der Waals surface area contributed by atoms with Gasteiger partial charge in [-0.05, 0) is 68.9 Å². The third-order valence-corrected chi connectivity index (χ3v) is 10.8. The Morgan fingerprint density at radius 1 is 1.10 bits per heavy atom. The summed E-state index contributed by atoms with van der Waals surface area (Å²) >= 11 is 0. The number of benzene rings is 1. The van der Waals surface area contributed by atoms with Gasteiger partial charge in [0.2, 0.25) is 0 Å². The molecule has 0 aromatic heterocycles. The molecule has 0 aliphatic carbocycles. The van der Waals surface area contributed by atoms with Crippen LogP contribution < -0.4 is 4.74 Å². The van der Waals surface area contributed by atoms with Gasteiger partial charge in [0, 0.05) is 6.54 Å². The van der Waals surface area contributed by atoms with Crippen molar-refractivity contribution in [3.63, 3.8) is 0 Å². The molecule has 0 saturated carbocycles. The monoisotopic (exact) mass is 449 g/mol. The second-order valence-corrected chi connectivity index (χ2v) is 16.2. The maximum absolute atomic E-state index is 12.9. The van der Waals surface area contributed by atoms with Gasteiger partial charge < -0.3 is 13.9 Å². The first kappa shape index (κ1) is 25.7. The maximum Gasteiger partial charge on any atom is 0.410 e. The van der Waals surface area contributed by atoms with E-state index in [0.717, 1.165) is 12.2 Å². The molecule has 2 rings (SSSR count). The van der Waals surface area contributed by atoms with Gasteiger partial charge in [-0.25, -0.2) is 4.79 Å². The van der Waals surface area contributed by atoms with Crippen molar-refractivity contribution < 1.29 is 18.7 Å². The normalized spacial score (nSPS) is 20.3. The van der Waals surface area contributed by atoms with Crippen LogP contribution in [0.3, 0.4) is 0 Å². The average Bonchev–Trinajstić information content (AvgIpc) is 3.00. The number of hydrogen-bond acceptors (Lipinski definition) is 4. The lowest BCUT2D eigenvalue weighted by Crippen LogP contribution is -2.51. The minimum Gasteiger partial charge on any atom is -0.491 e. The summed E-state index contributed by atoms with van der Waals surface area (Å²) in [6.07, 6.45) is 0.451. The Kier molecular flexibility index (Phi) is 7.91. The molecule has 0 spiro atoms. The van der Waals surface area contributed by atoms with Crippen LogP contribution >= 0.6 is 0 Å². The third kappa shape index (κ3) is 6.98. The number of ether oxygens (including phenoxy) is 2. The molecule has 6 heteroatoms. The van der Waals surface area contributed by atoms with Crippen molar-refractivity contribution in [3.8, 4) is 5.75 Å². The minimum atomic E-state index is -1.99. The van der Waals surface area contributed by atoms with E-state index >= 15 is 0 Å². The molecule has 1 saturated heterocycles. The minimum absolute atomic E-state index is 0.0525. The van der Waals surface area contributed by atoms with Gasteiger partial charge in [0.1, 0.15) is 18.0 Å². The van der Waals surface area contributed by atoms with Crippen LogP contribution in [0, 0.1) is 0 Å². The molecule has 31 heavy (non-hydrogen) atoms. The lowest BCUT2D eigenvalue weighted by Gasteiger charge is -2.40. The molecule has 5 nitrogen and oxygen atoms in total. The predicted octanol–water partition coefficient (Wildman–Crippen LogP) is 6.59. The van der Waals surface area contributed by atoms with Gasteiger partial charge in [-0.1, -0.05) is 46.8 Å². The third-order valence-electron chi connectivity index (χ3n) is 6.33. The van der Waals surface area contributed by atoms with E-state index in [9.17, 15) is 4.79 Å². The highest BCUT2D eigenvalue weighted by Gasteiger charge is 2.46. The molecule has 0 bridgehead atoms. The summed E-state index contributed by atoms with van der Waals surface area (Å²) in [4.78, 5) is 14.7. The molecule has 1 fully saturated rings. The van der Waals surface area contributed by atoms with E-state index in [0.29, 0.717) is 19.1 Å². The Hall–Kier alpha value is -1.53. The molecule has 1 aromatic rings. The van der Waals surface area contributed by atoms with Crippen molar-refractivity contribution in [3.05, 3.63) is 29.8 Å². The van der Waals surface area contributed by atoms with E-state index in [1.807, 2.05) is 32.9 Å². The molecule has 176 valence electrons. The van der Waals surface area contributed by atoms with E-state index in [4.69, 9.17) is 13.9 Å². The highest BCUT2D eigenvalue weighted by molar-refractivity contribution is 6.74. The van der Waals surface area contributed by atoms with Crippen molar-refractivity contribution in [2.24, 2.45) is 0 Å². The Labute approximate surface area is 190 Å². The quantitative estimate of drug-likeness (QED) is 0.460. The van der Waals surface area contributed by atoms with E-state index in [2.05, 4.69) is 59.8 Å². The Bertz CT molecular complexity index is 731. The Balaban J connectivity index is 2.18. The molecule has 1 aliphatic heterocycles. The molecule has 1 aliphatic rings. The molecular weight excluding hydrogens is 406 g/mol. The summed E-state index contributed by atoms with van der Waals surface area (Å²) in [6.45, 7) is 22.3. The summed E-state index contributed by atoms with van der Waals surface area (Å²) < 4.78 is 18.6. The summed E-state index contributed by atoms with van der Waals surface area (Å²) in [7, 11) is -1.99. The fourth-order valence-corrected chi connectivity index (χ4v) is 4.78. The molecule has 1 amide bonds. The number of hydrogen-bond donors (Lipinski definition) is 0. The van der Waals surface area contributed by atoms with Crippen molar-refractivity contribution in [1.29, 1.82) is 0 Å². The Morgan fingerprint density at radius 2 is 1.68 bits per heavy atom. The second-order valence-electron chi connectivity index (χ2n) is 11.5. The van der Waals surface area contributed by atoms with Crippen LogP contribution in [0.5, 0.6) is 5.75 Å². The molecule has 0 N–H and O–H groups in total. The van der Waals surface area contributed by atoms with Crippen LogP contribution in [0.25, 0.3) is 0 Å². The summed E-state index contributed by atoms with van der Waals surface area (Å²) in [5.74, 6) is 1.29. The van der Waals surface area contributed by atoms with Gasteiger partial charge >= 0.3 is 6.09 Å². The molecule has 2 atom stereocenters. The van der Waals surface area contributed by atoms with Crippen LogP contribution in [0.2, 0.25) is 18.1 Å². The standard InChI is InChI=1S/C25H43NO4Si/c1-18(2)19-11-13-20(14-12-19)28-17-21-22(30-31(9,10)25(6,7)8)15-16-26(21)23(27)29-24(3,4)5/h11-14,18,21-22H,15-17H2,1-10H3/t21-,22+/m0/s1. The number of carbonyl (C=O) groups is 1. The fraction of sp³-hybridized carbons (Fsp3) is 0.720. The Morgan fingerprint density at radius 3 is 2.16 bits per heavy atom. The van der Waals surface area contributed by atoms with E-state index in [-0.39, 0.29) is 23.3 Å². The average molecular weight is 450 g/mol. The van der Waals surface area contributed by atoms with Gasteiger partial charge in [0.05, 0.1) is 12.1 Å². The molecule has 0 radical (unpaired) electrons. The molecular formula is C25H43NO4Si. The number of likely N-dealkylation sites (tertiary alicyclic amines) is 1. The van der Waals surface area contributed by atoms with Gasteiger partial charge in [0.25, 0.3) is 0 Å². The zero-order chi connectivity index (χ0) is 23.6. The summed E-state index contributed by atoms with van der Waals surface area (Å²) in [5, 5.41) is 0.102. The van der Waals surface area contributed by atoms with Crippen molar-refractivity contribution in [2.45, 2.75) is 104 Å². The summed E-state index contributed by atoms with van der Waals surface area (Å²) in [5.41, 5.74) is 0.746. The topological polar surface area (TPSA) is 48.0 Å². The predicted molar refractivity (Wildman–Crippen MR) is 129 cm³/mol. The largest absolute Gasteiger partial charge is 0.491 e. The lowest BCUT2D eigenvalue weighted by molar-refractivity contribution is 0.00983. The number of amides is 1. The van der Waals surface area contributed by atoms with Gasteiger partial charge in [-0.2, -0.15) is 0 Å². The van der Waals surface area contributed by atoms with Crippen LogP contribution in [0.15, 0.2) is 24.3 Å². The van der Waals surface area contributed by atoms with Crippen molar-refractivity contribution in [2.75, 3.05) is 13.2 Å². The maximum atomic E-state index is 12.9. The smallest absolute Gasteiger partial charge is 0.410 e. The first-order valence-electron chi connectivity index (χ1n) is 11.5. The summed E-state index contributed by atoms with van der Waals surface area (Å²) in [6, 6.07) is 8.04. The van der Waals surface area contributed by atoms with Crippen molar-refractivity contribution in [1.82, 2.24) is 4.90 Å². The number of carbonyl (C=O) groups excluding carboxylic acids is 1. The molecule has 1 heterocycles. The number of nitrogens with zero attached hydrogens (tertiary/aromatic N) is 1. The van der Waals surface area contributed by atoms with E-state index in [1.54, 1.807) is 4.90 Å². The van der Waals surface area contributed by atoms with Crippen LogP contribution in [0.1, 0.15) is 73.3 Å². The SMILES string of the molecule is CC(C)c1ccc(OC[C@H]2[C@H](O[Si](C)(C)C(C)(C)C)CCN2C(=O)OC(C)(C)C)cc1. The zero-order valence-electron chi connectivity index (χ0n) is 21.2. The highest BCUT2D eigenvalue weighted by Crippen LogP contribution is 2.39. The zero-order valence-corrected chi connectivity index (χ0v) is 22.2. The lowest BCUT2D eigenvalue weighted by atomic mass is 10.0. The van der Waals surface area contributed by atoms with Crippen molar-refractivity contribution >= 4 is 14.4 Å². The van der Waals surface area contributed by atoms with Crippen LogP contribution in [-0.2, 0) is 9.16 Å². The van der Waals surface area contributed by atoms with E-state index in [1.165, 1.54) is 5.56 Å². The number of rotatable bonds is 6. The molecule has 0 unspecified atom stereocenters.